The minimum Gasteiger partial charge on any atom is -0.328 e. The highest BCUT2D eigenvalue weighted by Crippen LogP contribution is 2.40. The molecule has 4 nitrogen and oxygen atoms in total. The summed E-state index contributed by atoms with van der Waals surface area (Å²) in [6.45, 7) is 0. The van der Waals surface area contributed by atoms with E-state index in [-0.39, 0.29) is 16.3 Å². The fourth-order valence-electron chi connectivity index (χ4n) is 1.91. The van der Waals surface area contributed by atoms with Gasteiger partial charge in [0.2, 0.25) is 16.2 Å². The molecule has 0 heterocycles. The molecule has 2 aromatic rings. The van der Waals surface area contributed by atoms with Crippen LogP contribution in [0, 0.1) is 0 Å². The molecule has 1 amide bonds. The highest BCUT2D eigenvalue weighted by molar-refractivity contribution is 7.91. The highest BCUT2D eigenvalue weighted by atomic mass is 35.5. The number of sulfone groups is 1. The molecule has 0 unspecified atom stereocenters. The zero-order chi connectivity index (χ0) is 18.1. The van der Waals surface area contributed by atoms with E-state index in [0.717, 1.165) is 0 Å². The summed E-state index contributed by atoms with van der Waals surface area (Å²) in [6.07, 6.45) is -4.73. The quantitative estimate of drug-likeness (QED) is 0.776. The SMILES string of the molecule is O=CNc1cc(C(F)(F)F)c(Cl)cc1S(=O)(=O)c1ccc(Cl)cc1. The maximum Gasteiger partial charge on any atom is 0.417 e. The fraction of sp³-hybridized carbons (Fsp3) is 0.0714. The molecular weight excluding hydrogens is 390 g/mol. The third-order valence-corrected chi connectivity index (χ3v) is 5.38. The fourth-order valence-corrected chi connectivity index (χ4v) is 3.80. The van der Waals surface area contributed by atoms with E-state index < -0.39 is 37.2 Å². The first-order chi connectivity index (χ1) is 11.1. The normalized spacial score (nSPS) is 12.0. The molecule has 0 aromatic heterocycles. The maximum atomic E-state index is 12.9. The van der Waals surface area contributed by atoms with Crippen molar-refractivity contribution in [1.82, 2.24) is 0 Å². The van der Waals surface area contributed by atoms with Gasteiger partial charge in [0.05, 0.1) is 26.1 Å². The number of rotatable bonds is 4. The largest absolute Gasteiger partial charge is 0.417 e. The summed E-state index contributed by atoms with van der Waals surface area (Å²) in [5, 5.41) is 1.44. The Labute approximate surface area is 145 Å². The Kier molecular flexibility index (Phi) is 5.12. The number of halogens is 5. The van der Waals surface area contributed by atoms with Gasteiger partial charge < -0.3 is 5.32 Å². The van der Waals surface area contributed by atoms with Gasteiger partial charge >= 0.3 is 6.18 Å². The molecule has 0 aliphatic carbocycles. The number of carbonyl (C=O) groups is 1. The van der Waals surface area contributed by atoms with E-state index in [1.807, 2.05) is 5.32 Å². The number of benzene rings is 2. The topological polar surface area (TPSA) is 63.2 Å². The standard InChI is InChI=1S/C14H8Cl2F3NO3S/c15-8-1-3-9(4-2-8)24(22,23)13-6-11(16)10(14(17,18)19)5-12(13)20-7-21/h1-7H,(H,20,21). The summed E-state index contributed by atoms with van der Waals surface area (Å²) in [7, 11) is -4.23. The van der Waals surface area contributed by atoms with Gasteiger partial charge in [0.15, 0.2) is 0 Å². The zero-order valence-electron chi connectivity index (χ0n) is 11.6. The summed E-state index contributed by atoms with van der Waals surface area (Å²) in [5.74, 6) is 0. The van der Waals surface area contributed by atoms with E-state index in [4.69, 9.17) is 23.2 Å². The van der Waals surface area contributed by atoms with Crippen LogP contribution < -0.4 is 5.32 Å². The second-order valence-electron chi connectivity index (χ2n) is 4.55. The second-order valence-corrected chi connectivity index (χ2v) is 7.31. The van der Waals surface area contributed by atoms with Crippen molar-refractivity contribution in [3.05, 3.63) is 52.0 Å². The van der Waals surface area contributed by atoms with Crippen molar-refractivity contribution in [3.63, 3.8) is 0 Å². The van der Waals surface area contributed by atoms with E-state index in [1.165, 1.54) is 24.3 Å². The number of amides is 1. The predicted octanol–water partition coefficient (Wildman–Crippen LogP) is 4.41. The Morgan fingerprint density at radius 3 is 2.12 bits per heavy atom. The van der Waals surface area contributed by atoms with Gasteiger partial charge in [0.25, 0.3) is 0 Å². The van der Waals surface area contributed by atoms with E-state index in [9.17, 15) is 26.4 Å². The van der Waals surface area contributed by atoms with Crippen molar-refractivity contribution in [3.8, 4) is 0 Å². The Morgan fingerprint density at radius 2 is 1.62 bits per heavy atom. The summed E-state index contributed by atoms with van der Waals surface area (Å²) in [6, 6.07) is 6.13. The van der Waals surface area contributed by atoms with Crippen LogP contribution in [0.5, 0.6) is 0 Å². The average molecular weight is 398 g/mol. The third kappa shape index (κ3) is 3.66. The van der Waals surface area contributed by atoms with Gasteiger partial charge in [-0.15, -0.1) is 0 Å². The van der Waals surface area contributed by atoms with Crippen LogP contribution in [0.2, 0.25) is 10.0 Å². The van der Waals surface area contributed by atoms with Crippen molar-refractivity contribution in [2.45, 2.75) is 16.0 Å². The molecule has 0 bridgehead atoms. The Hall–Kier alpha value is -1.77. The molecule has 0 saturated heterocycles. The van der Waals surface area contributed by atoms with Gasteiger partial charge in [-0.2, -0.15) is 13.2 Å². The lowest BCUT2D eigenvalue weighted by Crippen LogP contribution is -2.12. The zero-order valence-corrected chi connectivity index (χ0v) is 13.9. The van der Waals surface area contributed by atoms with Gasteiger partial charge in [0.1, 0.15) is 0 Å². The van der Waals surface area contributed by atoms with Crippen LogP contribution in [0.3, 0.4) is 0 Å². The molecule has 0 atom stereocenters. The molecule has 0 aliphatic rings. The molecule has 2 rings (SSSR count). The number of carbonyl (C=O) groups excluding carboxylic acids is 1. The first kappa shape index (κ1) is 18.6. The Morgan fingerprint density at radius 1 is 1.04 bits per heavy atom. The second kappa shape index (κ2) is 6.62. The molecule has 24 heavy (non-hydrogen) atoms. The number of nitrogens with one attached hydrogen (secondary N) is 1. The van der Waals surface area contributed by atoms with Gasteiger partial charge in [-0.25, -0.2) is 8.42 Å². The molecule has 0 fully saturated rings. The van der Waals surface area contributed by atoms with Crippen molar-refractivity contribution in [2.75, 3.05) is 5.32 Å². The molecular formula is C14H8Cl2F3NO3S. The minimum absolute atomic E-state index is 0.0737. The van der Waals surface area contributed by atoms with Crippen molar-refractivity contribution >= 4 is 45.1 Å². The lowest BCUT2D eigenvalue weighted by molar-refractivity contribution is -0.137. The molecule has 1 N–H and O–H groups in total. The van der Waals surface area contributed by atoms with Crippen LogP contribution in [-0.4, -0.2) is 14.8 Å². The van der Waals surface area contributed by atoms with Gasteiger partial charge in [-0.05, 0) is 36.4 Å². The number of anilines is 1. The number of hydrogen-bond acceptors (Lipinski definition) is 3. The van der Waals surface area contributed by atoms with E-state index >= 15 is 0 Å². The van der Waals surface area contributed by atoms with Crippen molar-refractivity contribution < 1.29 is 26.4 Å². The van der Waals surface area contributed by atoms with E-state index in [1.54, 1.807) is 0 Å². The molecule has 0 aliphatic heterocycles. The van der Waals surface area contributed by atoms with Crippen molar-refractivity contribution in [2.24, 2.45) is 0 Å². The lowest BCUT2D eigenvalue weighted by atomic mass is 10.2. The summed E-state index contributed by atoms with van der Waals surface area (Å²) < 4.78 is 63.9. The maximum absolute atomic E-state index is 12.9. The third-order valence-electron chi connectivity index (χ3n) is 3.00. The lowest BCUT2D eigenvalue weighted by Gasteiger charge is -2.15. The Balaban J connectivity index is 2.70. The van der Waals surface area contributed by atoms with Crippen LogP contribution in [0.15, 0.2) is 46.2 Å². The summed E-state index contributed by atoms with van der Waals surface area (Å²) in [4.78, 5) is 9.87. The summed E-state index contributed by atoms with van der Waals surface area (Å²) in [5.41, 5.74) is -1.79. The molecule has 0 radical (unpaired) electrons. The predicted molar refractivity (Wildman–Crippen MR) is 83.0 cm³/mol. The van der Waals surface area contributed by atoms with Crippen molar-refractivity contribution in [1.29, 1.82) is 0 Å². The monoisotopic (exact) mass is 397 g/mol. The van der Waals surface area contributed by atoms with Crippen LogP contribution in [0.1, 0.15) is 5.56 Å². The molecule has 0 saturated carbocycles. The first-order valence-corrected chi connectivity index (χ1v) is 8.43. The highest BCUT2D eigenvalue weighted by Gasteiger charge is 2.35. The Bertz CT molecular complexity index is 881. The number of alkyl halides is 3. The number of hydrogen-bond donors (Lipinski definition) is 1. The van der Waals surface area contributed by atoms with Crippen LogP contribution >= 0.6 is 23.2 Å². The van der Waals surface area contributed by atoms with Gasteiger partial charge in [-0.3, -0.25) is 4.79 Å². The smallest absolute Gasteiger partial charge is 0.328 e. The van der Waals surface area contributed by atoms with Gasteiger partial charge in [0, 0.05) is 5.02 Å². The van der Waals surface area contributed by atoms with Crippen LogP contribution in [-0.2, 0) is 20.8 Å². The summed E-state index contributed by atoms with van der Waals surface area (Å²) >= 11 is 11.3. The van der Waals surface area contributed by atoms with Crippen LogP contribution in [0.25, 0.3) is 0 Å². The molecule has 2 aromatic carbocycles. The molecule has 128 valence electrons. The molecule has 10 heteroatoms. The van der Waals surface area contributed by atoms with Crippen LogP contribution in [0.4, 0.5) is 18.9 Å². The molecule has 0 spiro atoms. The van der Waals surface area contributed by atoms with Gasteiger partial charge in [-0.1, -0.05) is 23.2 Å². The van der Waals surface area contributed by atoms with E-state index in [2.05, 4.69) is 0 Å². The minimum atomic E-state index is -4.81. The van der Waals surface area contributed by atoms with E-state index in [0.29, 0.717) is 12.1 Å². The first-order valence-electron chi connectivity index (χ1n) is 6.19. The average Bonchev–Trinajstić information content (AvgIpc) is 2.48.